The van der Waals surface area contributed by atoms with Gasteiger partial charge in [0.1, 0.15) is 0 Å². The largest absolute Gasteiger partial charge is 0.350 e. The van der Waals surface area contributed by atoms with Crippen molar-refractivity contribution in [3.8, 4) is 0 Å². The number of nitrogens with two attached hydrogens (primary N) is 2. The second-order valence-electron chi connectivity index (χ2n) is 5.75. The second-order valence-corrected chi connectivity index (χ2v) is 5.75. The Hall–Kier alpha value is -0.610. The fraction of sp³-hybridized carbons (Fsp3) is 0.923. The van der Waals surface area contributed by atoms with Crippen LogP contribution < -0.4 is 16.8 Å². The van der Waals surface area contributed by atoms with Gasteiger partial charge in [-0.15, -0.1) is 0 Å². The first kappa shape index (κ1) is 12.8. The Labute approximate surface area is 103 Å². The van der Waals surface area contributed by atoms with Gasteiger partial charge in [0.15, 0.2) is 0 Å². The van der Waals surface area contributed by atoms with E-state index in [1.807, 2.05) is 0 Å². The predicted octanol–water partition coefficient (Wildman–Crippen LogP) is 1.03. The third-order valence-corrected chi connectivity index (χ3v) is 4.33. The Kier molecular flexibility index (Phi) is 4.05. The van der Waals surface area contributed by atoms with Gasteiger partial charge in [0.25, 0.3) is 0 Å². The van der Waals surface area contributed by atoms with Gasteiger partial charge < -0.3 is 16.8 Å². The van der Waals surface area contributed by atoms with E-state index in [1.165, 1.54) is 12.8 Å². The fourth-order valence-corrected chi connectivity index (χ4v) is 3.06. The molecule has 0 heterocycles. The molecule has 0 aliphatic heterocycles. The molecule has 0 bridgehead atoms. The van der Waals surface area contributed by atoms with Crippen LogP contribution in [0.4, 0.5) is 0 Å². The van der Waals surface area contributed by atoms with Gasteiger partial charge in [0, 0.05) is 12.1 Å². The zero-order valence-electron chi connectivity index (χ0n) is 10.6. The first-order valence-electron chi connectivity index (χ1n) is 6.97. The minimum absolute atomic E-state index is 0.0274. The van der Waals surface area contributed by atoms with Gasteiger partial charge in [0.2, 0.25) is 5.91 Å². The minimum atomic E-state index is -0.630. The monoisotopic (exact) mass is 239 g/mol. The highest BCUT2D eigenvalue weighted by Crippen LogP contribution is 2.27. The van der Waals surface area contributed by atoms with Crippen LogP contribution in [0.1, 0.15) is 57.8 Å². The molecule has 1 amide bonds. The maximum Gasteiger partial charge on any atom is 0.240 e. The number of carbonyl (C=O) groups is 1. The summed E-state index contributed by atoms with van der Waals surface area (Å²) in [5.74, 6) is 0.0274. The van der Waals surface area contributed by atoms with Crippen molar-refractivity contribution in [1.29, 1.82) is 0 Å². The molecule has 0 aromatic carbocycles. The van der Waals surface area contributed by atoms with Crippen molar-refractivity contribution in [3.63, 3.8) is 0 Å². The number of rotatable bonds is 2. The number of hydrogen-bond donors (Lipinski definition) is 3. The molecule has 2 saturated carbocycles. The number of nitrogens with one attached hydrogen (secondary N) is 1. The highest BCUT2D eigenvalue weighted by atomic mass is 16.2. The molecule has 2 fully saturated rings. The molecule has 2 aliphatic carbocycles. The summed E-state index contributed by atoms with van der Waals surface area (Å²) in [4.78, 5) is 12.2. The standard InChI is InChI=1S/C13H25N3O/c14-10-6-2-3-7-11(10)16-12(17)13(15)8-4-1-5-9-13/h10-11H,1-9,14-15H2,(H,16,17)/t10-,11+/m0/s1. The zero-order valence-corrected chi connectivity index (χ0v) is 10.6. The minimum Gasteiger partial charge on any atom is -0.350 e. The van der Waals surface area contributed by atoms with Crippen LogP contribution in [0.2, 0.25) is 0 Å². The van der Waals surface area contributed by atoms with Crippen LogP contribution in [0.15, 0.2) is 0 Å². The lowest BCUT2D eigenvalue weighted by Crippen LogP contribution is -2.60. The first-order chi connectivity index (χ1) is 8.12. The molecule has 17 heavy (non-hydrogen) atoms. The van der Waals surface area contributed by atoms with Crippen LogP contribution in [0.5, 0.6) is 0 Å². The van der Waals surface area contributed by atoms with E-state index in [0.717, 1.165) is 44.9 Å². The van der Waals surface area contributed by atoms with E-state index < -0.39 is 5.54 Å². The van der Waals surface area contributed by atoms with Crippen molar-refractivity contribution >= 4 is 5.91 Å². The van der Waals surface area contributed by atoms with E-state index in [0.29, 0.717) is 0 Å². The summed E-state index contributed by atoms with van der Waals surface area (Å²) in [7, 11) is 0. The molecule has 2 rings (SSSR count). The van der Waals surface area contributed by atoms with E-state index >= 15 is 0 Å². The Morgan fingerprint density at radius 1 is 1.06 bits per heavy atom. The fourth-order valence-electron chi connectivity index (χ4n) is 3.06. The van der Waals surface area contributed by atoms with Gasteiger partial charge in [-0.05, 0) is 25.7 Å². The summed E-state index contributed by atoms with van der Waals surface area (Å²) < 4.78 is 0. The Bertz CT molecular complexity index is 274. The van der Waals surface area contributed by atoms with Crippen molar-refractivity contribution in [2.24, 2.45) is 11.5 Å². The lowest BCUT2D eigenvalue weighted by Gasteiger charge is -2.36. The summed E-state index contributed by atoms with van der Waals surface area (Å²) in [6.45, 7) is 0. The molecule has 0 unspecified atom stereocenters. The predicted molar refractivity (Wildman–Crippen MR) is 68.4 cm³/mol. The topological polar surface area (TPSA) is 81.1 Å². The van der Waals surface area contributed by atoms with Crippen LogP contribution in [0, 0.1) is 0 Å². The molecule has 4 nitrogen and oxygen atoms in total. The van der Waals surface area contributed by atoms with E-state index in [4.69, 9.17) is 11.5 Å². The van der Waals surface area contributed by atoms with Crippen molar-refractivity contribution < 1.29 is 4.79 Å². The number of hydrogen-bond acceptors (Lipinski definition) is 3. The lowest BCUT2D eigenvalue weighted by atomic mass is 9.81. The van der Waals surface area contributed by atoms with Crippen molar-refractivity contribution in [1.82, 2.24) is 5.32 Å². The van der Waals surface area contributed by atoms with E-state index in [9.17, 15) is 4.79 Å². The summed E-state index contributed by atoms with van der Waals surface area (Å²) in [6.07, 6.45) is 9.35. The highest BCUT2D eigenvalue weighted by Gasteiger charge is 2.37. The SMILES string of the molecule is N[C@H]1CCCC[C@H]1NC(=O)C1(N)CCCCC1. The Balaban J connectivity index is 1.90. The van der Waals surface area contributed by atoms with Crippen LogP contribution in [0.25, 0.3) is 0 Å². The molecule has 4 heteroatoms. The third kappa shape index (κ3) is 2.99. The molecular weight excluding hydrogens is 214 g/mol. The maximum absolute atomic E-state index is 12.2. The first-order valence-corrected chi connectivity index (χ1v) is 6.97. The Morgan fingerprint density at radius 2 is 1.71 bits per heavy atom. The normalized spacial score (nSPS) is 33.1. The van der Waals surface area contributed by atoms with Gasteiger partial charge in [-0.3, -0.25) is 4.79 Å². The average molecular weight is 239 g/mol. The number of amides is 1. The molecule has 0 radical (unpaired) electrons. The summed E-state index contributed by atoms with van der Waals surface area (Å²) in [5.41, 5.74) is 11.6. The molecular formula is C13H25N3O. The van der Waals surface area contributed by atoms with Crippen molar-refractivity contribution in [2.45, 2.75) is 75.4 Å². The summed E-state index contributed by atoms with van der Waals surface area (Å²) in [5, 5.41) is 3.09. The van der Waals surface area contributed by atoms with Gasteiger partial charge in [-0.25, -0.2) is 0 Å². The molecule has 2 aliphatic rings. The van der Waals surface area contributed by atoms with Crippen LogP contribution in [-0.4, -0.2) is 23.5 Å². The van der Waals surface area contributed by atoms with Crippen molar-refractivity contribution in [3.05, 3.63) is 0 Å². The molecule has 0 spiro atoms. The van der Waals surface area contributed by atoms with Crippen molar-refractivity contribution in [2.75, 3.05) is 0 Å². The molecule has 0 saturated heterocycles. The second kappa shape index (κ2) is 5.36. The third-order valence-electron chi connectivity index (χ3n) is 4.33. The van der Waals surface area contributed by atoms with Gasteiger partial charge in [-0.1, -0.05) is 32.1 Å². The maximum atomic E-state index is 12.2. The molecule has 98 valence electrons. The quantitative estimate of drug-likeness (QED) is 0.673. The van der Waals surface area contributed by atoms with Gasteiger partial charge in [-0.2, -0.15) is 0 Å². The summed E-state index contributed by atoms with van der Waals surface area (Å²) in [6, 6.07) is 0.249. The van der Waals surface area contributed by atoms with Crippen LogP contribution in [0.3, 0.4) is 0 Å². The summed E-state index contributed by atoms with van der Waals surface area (Å²) >= 11 is 0. The molecule has 0 aromatic heterocycles. The Morgan fingerprint density at radius 3 is 2.35 bits per heavy atom. The van der Waals surface area contributed by atoms with E-state index in [-0.39, 0.29) is 18.0 Å². The lowest BCUT2D eigenvalue weighted by molar-refractivity contribution is -0.128. The molecule has 5 N–H and O–H groups in total. The molecule has 2 atom stereocenters. The molecule has 0 aromatic rings. The van der Waals surface area contributed by atoms with Gasteiger partial charge in [0.05, 0.1) is 5.54 Å². The smallest absolute Gasteiger partial charge is 0.240 e. The number of carbonyl (C=O) groups excluding carboxylic acids is 1. The average Bonchev–Trinajstić information content (AvgIpc) is 2.33. The van der Waals surface area contributed by atoms with E-state index in [1.54, 1.807) is 0 Å². The zero-order chi connectivity index (χ0) is 12.3. The van der Waals surface area contributed by atoms with Gasteiger partial charge >= 0.3 is 0 Å². The van der Waals surface area contributed by atoms with E-state index in [2.05, 4.69) is 5.32 Å². The van der Waals surface area contributed by atoms with Crippen LogP contribution in [-0.2, 0) is 4.79 Å². The van der Waals surface area contributed by atoms with Crippen LogP contribution >= 0.6 is 0 Å². The highest BCUT2D eigenvalue weighted by molar-refractivity contribution is 5.86.